The Labute approximate surface area is 204 Å². The molecule has 0 spiro atoms. The maximum Gasteiger partial charge on any atom is 0.417 e. The zero-order valence-corrected chi connectivity index (χ0v) is 21.3. The number of hydrogen-bond donors (Lipinski definition) is 1. The number of piperidine rings is 1. The second kappa shape index (κ2) is 9.81. The quantitative estimate of drug-likeness (QED) is 0.573. The van der Waals surface area contributed by atoms with Crippen LogP contribution in [0.2, 0.25) is 0 Å². The molecule has 0 atom stereocenters. The highest BCUT2D eigenvalue weighted by Crippen LogP contribution is 2.41. The number of sulfonamides is 1. The standard InChI is InChI=1S/C25H31F3N2O4S/c1-16-8-6-7-9-19(16)20-10-11-21(22(17(20)2)25(26,27)28)35(32,33)29-18-12-14-30(15-13-18)23(31)34-24(3,4)5/h6-11,18,29H,12-15H2,1-5H3. The highest BCUT2D eigenvalue weighted by atomic mass is 32.2. The third-order valence-corrected chi connectivity index (χ3v) is 7.47. The monoisotopic (exact) mass is 512 g/mol. The number of carbonyl (C=O) groups is 1. The number of carbonyl (C=O) groups excluding carboxylic acids is 1. The van der Waals surface area contributed by atoms with E-state index in [0.717, 1.165) is 11.6 Å². The molecule has 2 aromatic carbocycles. The number of ether oxygens (including phenoxy) is 1. The summed E-state index contributed by atoms with van der Waals surface area (Å²) in [5.74, 6) is 0. The molecule has 0 aromatic heterocycles. The summed E-state index contributed by atoms with van der Waals surface area (Å²) >= 11 is 0. The smallest absolute Gasteiger partial charge is 0.417 e. The Morgan fingerprint density at radius 2 is 1.60 bits per heavy atom. The van der Waals surface area contributed by atoms with Crippen molar-refractivity contribution in [3.05, 3.63) is 53.1 Å². The number of benzene rings is 2. The molecule has 0 saturated carbocycles. The minimum absolute atomic E-state index is 0.144. The summed E-state index contributed by atoms with van der Waals surface area (Å²) in [7, 11) is -4.48. The van der Waals surface area contributed by atoms with Gasteiger partial charge in [0.2, 0.25) is 10.0 Å². The maximum absolute atomic E-state index is 14.1. The number of nitrogens with one attached hydrogen (secondary N) is 1. The molecule has 1 aliphatic heterocycles. The Morgan fingerprint density at radius 1 is 1.00 bits per heavy atom. The largest absolute Gasteiger partial charge is 0.444 e. The maximum atomic E-state index is 14.1. The predicted octanol–water partition coefficient (Wildman–Crippen LogP) is 5.67. The third kappa shape index (κ3) is 6.35. The first-order valence-electron chi connectivity index (χ1n) is 11.4. The molecule has 2 aromatic rings. The van der Waals surface area contributed by atoms with E-state index >= 15 is 0 Å². The minimum atomic E-state index is -4.87. The summed E-state index contributed by atoms with van der Waals surface area (Å²) in [6, 6.07) is 8.86. The lowest BCUT2D eigenvalue weighted by atomic mass is 9.93. The lowest BCUT2D eigenvalue weighted by Gasteiger charge is -2.33. The van der Waals surface area contributed by atoms with Gasteiger partial charge in [-0.25, -0.2) is 17.9 Å². The SMILES string of the molecule is Cc1ccccc1-c1ccc(S(=O)(=O)NC2CCN(C(=O)OC(C)(C)C)CC2)c(C(F)(F)F)c1C. The van der Waals surface area contributed by atoms with Crippen molar-refractivity contribution in [2.24, 2.45) is 0 Å². The van der Waals surface area contributed by atoms with Gasteiger partial charge >= 0.3 is 12.3 Å². The highest BCUT2D eigenvalue weighted by Gasteiger charge is 2.40. The van der Waals surface area contributed by atoms with E-state index in [4.69, 9.17) is 4.74 Å². The first kappa shape index (κ1) is 27.0. The van der Waals surface area contributed by atoms with Crippen LogP contribution in [0.15, 0.2) is 41.3 Å². The molecule has 35 heavy (non-hydrogen) atoms. The van der Waals surface area contributed by atoms with Gasteiger partial charge in [0, 0.05) is 19.1 Å². The topological polar surface area (TPSA) is 75.7 Å². The molecule has 3 rings (SSSR count). The predicted molar refractivity (Wildman–Crippen MR) is 128 cm³/mol. The second-order valence-electron chi connectivity index (χ2n) is 9.79. The van der Waals surface area contributed by atoms with Crippen molar-refractivity contribution in [2.45, 2.75) is 70.2 Å². The Bertz CT molecular complexity index is 1200. The Hall–Kier alpha value is -2.59. The summed E-state index contributed by atoms with van der Waals surface area (Å²) in [6.45, 7) is 8.79. The van der Waals surface area contributed by atoms with Crippen LogP contribution in [0.5, 0.6) is 0 Å². The van der Waals surface area contributed by atoms with Crippen LogP contribution in [0.4, 0.5) is 18.0 Å². The van der Waals surface area contributed by atoms with Gasteiger partial charge in [-0.1, -0.05) is 30.3 Å². The molecule has 6 nitrogen and oxygen atoms in total. The van der Waals surface area contributed by atoms with Gasteiger partial charge in [0.1, 0.15) is 5.60 Å². The van der Waals surface area contributed by atoms with E-state index in [1.807, 2.05) is 0 Å². The van der Waals surface area contributed by atoms with E-state index in [-0.39, 0.29) is 31.5 Å². The van der Waals surface area contributed by atoms with Crippen molar-refractivity contribution in [3.8, 4) is 11.1 Å². The number of hydrogen-bond acceptors (Lipinski definition) is 4. The van der Waals surface area contributed by atoms with Gasteiger partial charge in [-0.05, 0) is 75.8 Å². The van der Waals surface area contributed by atoms with Crippen LogP contribution in [0.1, 0.15) is 50.3 Å². The number of aryl methyl sites for hydroxylation is 1. The van der Waals surface area contributed by atoms with Crippen LogP contribution in [0.25, 0.3) is 11.1 Å². The average Bonchev–Trinajstić information content (AvgIpc) is 2.72. The summed E-state index contributed by atoms with van der Waals surface area (Å²) in [5, 5.41) is 0. The highest BCUT2D eigenvalue weighted by molar-refractivity contribution is 7.89. The van der Waals surface area contributed by atoms with Crippen molar-refractivity contribution in [1.29, 1.82) is 0 Å². The molecule has 1 heterocycles. The first-order chi connectivity index (χ1) is 16.1. The van der Waals surface area contributed by atoms with E-state index in [9.17, 15) is 26.4 Å². The van der Waals surface area contributed by atoms with Crippen LogP contribution in [0, 0.1) is 13.8 Å². The molecule has 1 N–H and O–H groups in total. The first-order valence-corrected chi connectivity index (χ1v) is 12.9. The molecular formula is C25H31F3N2O4S. The molecule has 10 heteroatoms. The van der Waals surface area contributed by atoms with Crippen molar-refractivity contribution in [2.75, 3.05) is 13.1 Å². The zero-order chi connectivity index (χ0) is 26.2. The van der Waals surface area contributed by atoms with Gasteiger partial charge in [-0.15, -0.1) is 0 Å². The summed E-state index contributed by atoms with van der Waals surface area (Å²) in [6.07, 6.45) is -4.84. The summed E-state index contributed by atoms with van der Waals surface area (Å²) in [4.78, 5) is 12.9. The summed E-state index contributed by atoms with van der Waals surface area (Å²) in [5.41, 5.74) is -0.242. The number of amides is 1. The number of alkyl halides is 3. The molecule has 1 saturated heterocycles. The lowest BCUT2D eigenvalue weighted by Crippen LogP contribution is -2.47. The van der Waals surface area contributed by atoms with E-state index in [0.29, 0.717) is 11.1 Å². The van der Waals surface area contributed by atoms with E-state index in [1.54, 1.807) is 52.0 Å². The molecular weight excluding hydrogens is 481 g/mol. The average molecular weight is 513 g/mol. The van der Waals surface area contributed by atoms with Gasteiger partial charge in [-0.2, -0.15) is 13.2 Å². The molecule has 1 amide bonds. The molecule has 0 radical (unpaired) electrons. The normalized spacial score (nSPS) is 15.8. The van der Waals surface area contributed by atoms with Crippen LogP contribution < -0.4 is 4.72 Å². The fraction of sp³-hybridized carbons (Fsp3) is 0.480. The fourth-order valence-corrected chi connectivity index (χ4v) is 5.81. The molecule has 192 valence electrons. The lowest BCUT2D eigenvalue weighted by molar-refractivity contribution is -0.140. The van der Waals surface area contributed by atoms with E-state index < -0.39 is 44.4 Å². The number of halogens is 3. The Balaban J connectivity index is 1.86. The second-order valence-corrected chi connectivity index (χ2v) is 11.5. The van der Waals surface area contributed by atoms with Crippen LogP contribution in [-0.2, 0) is 20.9 Å². The van der Waals surface area contributed by atoms with Crippen LogP contribution >= 0.6 is 0 Å². The number of likely N-dealkylation sites (tertiary alicyclic amines) is 1. The van der Waals surface area contributed by atoms with E-state index in [1.165, 1.54) is 17.9 Å². The molecule has 1 fully saturated rings. The summed E-state index contributed by atoms with van der Waals surface area (Å²) < 4.78 is 76.4. The van der Waals surface area contributed by atoms with Gasteiger partial charge in [0.05, 0.1) is 10.5 Å². The van der Waals surface area contributed by atoms with Crippen molar-refractivity contribution < 1.29 is 31.1 Å². The van der Waals surface area contributed by atoms with Crippen LogP contribution in [-0.4, -0.2) is 44.1 Å². The molecule has 0 unspecified atom stereocenters. The minimum Gasteiger partial charge on any atom is -0.444 e. The van der Waals surface area contributed by atoms with Gasteiger partial charge in [-0.3, -0.25) is 0 Å². The van der Waals surface area contributed by atoms with Crippen LogP contribution in [0.3, 0.4) is 0 Å². The fourth-order valence-electron chi connectivity index (χ4n) is 4.22. The Morgan fingerprint density at radius 3 is 2.14 bits per heavy atom. The van der Waals surface area contributed by atoms with Crippen molar-refractivity contribution in [3.63, 3.8) is 0 Å². The third-order valence-electron chi connectivity index (χ3n) is 5.90. The van der Waals surface area contributed by atoms with Crippen molar-refractivity contribution >= 4 is 16.1 Å². The zero-order valence-electron chi connectivity index (χ0n) is 20.5. The molecule has 1 aliphatic rings. The van der Waals surface area contributed by atoms with Crippen molar-refractivity contribution in [1.82, 2.24) is 9.62 Å². The number of nitrogens with zero attached hydrogens (tertiary/aromatic N) is 1. The molecule has 0 aliphatic carbocycles. The van der Waals surface area contributed by atoms with Gasteiger partial charge in [0.25, 0.3) is 0 Å². The van der Waals surface area contributed by atoms with Gasteiger partial charge < -0.3 is 9.64 Å². The van der Waals surface area contributed by atoms with E-state index in [2.05, 4.69) is 4.72 Å². The number of rotatable bonds is 4. The Kier molecular flexibility index (Phi) is 7.57. The molecule has 0 bridgehead atoms. The van der Waals surface area contributed by atoms with Gasteiger partial charge in [0.15, 0.2) is 0 Å².